The molecule has 0 N–H and O–H groups in total. The van der Waals surface area contributed by atoms with Crippen molar-refractivity contribution in [1.82, 2.24) is 4.57 Å². The molecule has 42 heavy (non-hydrogen) atoms. The fourth-order valence-electron chi connectivity index (χ4n) is 5.41. The van der Waals surface area contributed by atoms with E-state index in [4.69, 9.17) is 0 Å². The van der Waals surface area contributed by atoms with Gasteiger partial charge < -0.3 is 14.4 Å². The van der Waals surface area contributed by atoms with Gasteiger partial charge in [-0.1, -0.05) is 60.7 Å². The van der Waals surface area contributed by atoms with Crippen molar-refractivity contribution in [3.63, 3.8) is 0 Å². The third-order valence-corrected chi connectivity index (χ3v) is 9.15. The molecular formula is C37H29N3S2. The zero-order valence-corrected chi connectivity index (χ0v) is 24.8. The number of hydrogen-bond acceptors (Lipinski definition) is 4. The van der Waals surface area contributed by atoms with E-state index in [9.17, 15) is 0 Å². The van der Waals surface area contributed by atoms with E-state index in [0.29, 0.717) is 0 Å². The lowest BCUT2D eigenvalue weighted by molar-refractivity contribution is 0.946. The van der Waals surface area contributed by atoms with Gasteiger partial charge in [0.25, 0.3) is 0 Å². The van der Waals surface area contributed by atoms with Crippen LogP contribution in [0.15, 0.2) is 156 Å². The highest BCUT2D eigenvalue weighted by Crippen LogP contribution is 2.40. The first-order chi connectivity index (χ1) is 20.8. The van der Waals surface area contributed by atoms with Gasteiger partial charge in [0.05, 0.1) is 10.0 Å². The first-order valence-corrected chi connectivity index (χ1v) is 15.7. The summed E-state index contributed by atoms with van der Waals surface area (Å²) in [6.45, 7) is 0. The average Bonchev–Trinajstić information content (AvgIpc) is 3.84. The van der Waals surface area contributed by atoms with Crippen LogP contribution < -0.4 is 9.80 Å². The summed E-state index contributed by atoms with van der Waals surface area (Å²) < 4.78 is 2.28. The highest BCUT2D eigenvalue weighted by atomic mass is 32.1. The van der Waals surface area contributed by atoms with Gasteiger partial charge in [0.15, 0.2) is 0 Å². The van der Waals surface area contributed by atoms with Crippen molar-refractivity contribution in [1.29, 1.82) is 0 Å². The summed E-state index contributed by atoms with van der Waals surface area (Å²) in [4.78, 5) is 4.61. The Hall–Kier alpha value is -4.84. The molecule has 0 amide bonds. The molecule has 0 aliphatic rings. The molecule has 0 aliphatic heterocycles. The summed E-state index contributed by atoms with van der Waals surface area (Å²) in [7, 11) is 2.15. The highest BCUT2D eigenvalue weighted by Gasteiger charge is 2.16. The van der Waals surface area contributed by atoms with Crippen LogP contribution in [-0.4, -0.2) is 4.57 Å². The number of benzene rings is 4. The molecule has 204 valence electrons. The Labute approximate surface area is 254 Å². The van der Waals surface area contributed by atoms with Crippen molar-refractivity contribution >= 4 is 55.4 Å². The Morgan fingerprint density at radius 1 is 0.405 bits per heavy atom. The normalized spacial score (nSPS) is 11.0. The Morgan fingerprint density at radius 2 is 0.786 bits per heavy atom. The lowest BCUT2D eigenvalue weighted by Gasteiger charge is -2.24. The number of nitrogens with zero attached hydrogens (tertiary/aromatic N) is 3. The van der Waals surface area contributed by atoms with E-state index in [-0.39, 0.29) is 0 Å². The van der Waals surface area contributed by atoms with Crippen LogP contribution in [0.3, 0.4) is 0 Å². The molecule has 0 saturated heterocycles. The molecule has 3 nitrogen and oxygen atoms in total. The van der Waals surface area contributed by atoms with E-state index in [2.05, 4.69) is 178 Å². The molecule has 5 heteroatoms. The van der Waals surface area contributed by atoms with E-state index in [1.165, 1.54) is 32.5 Å². The Bertz CT molecular complexity index is 1720. The van der Waals surface area contributed by atoms with Gasteiger partial charge in [0.1, 0.15) is 0 Å². The first kappa shape index (κ1) is 26.1. The van der Waals surface area contributed by atoms with Crippen molar-refractivity contribution in [2.45, 2.75) is 0 Å². The van der Waals surface area contributed by atoms with Gasteiger partial charge >= 0.3 is 0 Å². The minimum Gasteiger partial charge on any atom is -0.344 e. The topological polar surface area (TPSA) is 11.4 Å². The molecule has 0 bridgehead atoms. The Morgan fingerprint density at radius 3 is 1.14 bits per heavy atom. The monoisotopic (exact) mass is 579 g/mol. The number of para-hydroxylation sites is 2. The largest absolute Gasteiger partial charge is 0.344 e. The molecule has 0 radical (unpaired) electrons. The SMILES string of the molecule is Cn1c(-c2ccc(N(c3ccccc3)c3cccs3)cc2)ccc1-c1ccc(N(c2ccccc2)c2cccs2)cc1. The molecule has 0 aliphatic carbocycles. The van der Waals surface area contributed by atoms with Gasteiger partial charge in [-0.3, -0.25) is 0 Å². The Kier molecular flexibility index (Phi) is 7.18. The van der Waals surface area contributed by atoms with Crippen molar-refractivity contribution in [3.8, 4) is 22.5 Å². The molecule has 0 atom stereocenters. The van der Waals surface area contributed by atoms with E-state index >= 15 is 0 Å². The lowest BCUT2D eigenvalue weighted by Crippen LogP contribution is -2.08. The second-order valence-electron chi connectivity index (χ2n) is 10.0. The van der Waals surface area contributed by atoms with Crippen LogP contribution in [-0.2, 0) is 7.05 Å². The van der Waals surface area contributed by atoms with Crippen LogP contribution in [0.2, 0.25) is 0 Å². The van der Waals surface area contributed by atoms with E-state index < -0.39 is 0 Å². The maximum atomic E-state index is 2.31. The molecule has 3 heterocycles. The summed E-state index contributed by atoms with van der Waals surface area (Å²) in [5.74, 6) is 0. The van der Waals surface area contributed by atoms with Gasteiger partial charge in [0.2, 0.25) is 0 Å². The number of thiophene rings is 2. The summed E-state index contributed by atoms with van der Waals surface area (Å²) in [5.41, 5.74) is 9.36. The molecule has 7 rings (SSSR count). The van der Waals surface area contributed by atoms with Crippen LogP contribution in [0.4, 0.5) is 32.8 Å². The van der Waals surface area contributed by atoms with Crippen LogP contribution in [0.25, 0.3) is 22.5 Å². The lowest BCUT2D eigenvalue weighted by atomic mass is 10.1. The molecule has 0 unspecified atom stereocenters. The van der Waals surface area contributed by atoms with E-state index in [1.54, 1.807) is 22.7 Å². The predicted octanol–water partition coefficient (Wildman–Crippen LogP) is 11.4. The smallest absolute Gasteiger partial charge is 0.0999 e. The minimum atomic E-state index is 1.14. The van der Waals surface area contributed by atoms with E-state index in [0.717, 1.165) is 22.7 Å². The van der Waals surface area contributed by atoms with Crippen molar-refractivity contribution in [3.05, 3.63) is 156 Å². The van der Waals surface area contributed by atoms with Gasteiger partial charge in [-0.05, 0) is 107 Å². The molecule has 4 aromatic carbocycles. The molecule has 3 aromatic heterocycles. The van der Waals surface area contributed by atoms with Crippen molar-refractivity contribution in [2.75, 3.05) is 9.80 Å². The molecule has 0 fully saturated rings. The minimum absolute atomic E-state index is 1.14. The summed E-state index contributed by atoms with van der Waals surface area (Å²) >= 11 is 3.49. The zero-order valence-electron chi connectivity index (χ0n) is 23.2. The third-order valence-electron chi connectivity index (χ3n) is 7.45. The maximum Gasteiger partial charge on any atom is 0.0999 e. The summed E-state index contributed by atoms with van der Waals surface area (Å²) in [6.07, 6.45) is 0. The molecular weight excluding hydrogens is 551 g/mol. The number of rotatable bonds is 8. The molecule has 0 spiro atoms. The number of aromatic nitrogens is 1. The highest BCUT2D eigenvalue weighted by molar-refractivity contribution is 7.14. The van der Waals surface area contributed by atoms with Crippen LogP contribution in [0.1, 0.15) is 0 Å². The third kappa shape index (κ3) is 5.05. The summed E-state index contributed by atoms with van der Waals surface area (Å²) in [6, 6.07) is 51.8. The maximum absolute atomic E-state index is 2.31. The zero-order chi connectivity index (χ0) is 28.3. The van der Waals surface area contributed by atoms with Crippen LogP contribution >= 0.6 is 22.7 Å². The number of anilines is 6. The summed E-state index contributed by atoms with van der Waals surface area (Å²) in [5, 5.41) is 6.64. The van der Waals surface area contributed by atoms with Crippen LogP contribution in [0, 0.1) is 0 Å². The predicted molar refractivity (Wildman–Crippen MR) is 181 cm³/mol. The number of hydrogen-bond donors (Lipinski definition) is 0. The molecule has 0 saturated carbocycles. The average molecular weight is 580 g/mol. The van der Waals surface area contributed by atoms with Crippen molar-refractivity contribution < 1.29 is 0 Å². The fraction of sp³-hybridized carbons (Fsp3) is 0.0270. The van der Waals surface area contributed by atoms with Crippen LogP contribution in [0.5, 0.6) is 0 Å². The second kappa shape index (κ2) is 11.6. The standard InChI is InChI=1S/C37H29N3S2/c1-38-34(28-16-20-32(21-17-28)39(36-14-8-26-41-36)30-10-4-2-5-11-30)24-25-35(38)29-18-22-33(23-19-29)40(37-15-9-27-42-37)31-12-6-3-7-13-31/h2-27H,1H3. The fourth-order valence-corrected chi connectivity index (χ4v) is 6.95. The van der Waals surface area contributed by atoms with Gasteiger partial charge in [0, 0.05) is 41.2 Å². The van der Waals surface area contributed by atoms with Gasteiger partial charge in [-0.15, -0.1) is 22.7 Å². The van der Waals surface area contributed by atoms with E-state index in [1.807, 2.05) is 0 Å². The van der Waals surface area contributed by atoms with Crippen molar-refractivity contribution in [2.24, 2.45) is 7.05 Å². The second-order valence-corrected chi connectivity index (χ2v) is 11.9. The quantitative estimate of drug-likeness (QED) is 0.177. The van der Waals surface area contributed by atoms with Gasteiger partial charge in [-0.2, -0.15) is 0 Å². The first-order valence-electron chi connectivity index (χ1n) is 13.9. The van der Waals surface area contributed by atoms with Gasteiger partial charge in [-0.25, -0.2) is 0 Å². The molecule has 7 aromatic rings. The Balaban J connectivity index is 1.17.